The fourth-order valence-electron chi connectivity index (χ4n) is 2.19. The van der Waals surface area contributed by atoms with Crippen LogP contribution in [0.5, 0.6) is 0 Å². The van der Waals surface area contributed by atoms with E-state index in [4.69, 9.17) is 0 Å². The van der Waals surface area contributed by atoms with Crippen LogP contribution in [0.15, 0.2) is 58.4 Å². The van der Waals surface area contributed by atoms with Crippen LogP contribution in [0.4, 0.5) is 0 Å². The standard InChI is InChI=1S/C17H16N2OS/c1-12-6-7-13(2)15(9-12)21-11-14-10-17(20)19-8-4-3-5-16(19)18-14/h3-10H,11H2,1-2H3. The highest BCUT2D eigenvalue weighted by molar-refractivity contribution is 7.98. The number of rotatable bonds is 3. The summed E-state index contributed by atoms with van der Waals surface area (Å²) in [5, 5.41) is 0. The van der Waals surface area contributed by atoms with E-state index in [0.29, 0.717) is 11.4 Å². The van der Waals surface area contributed by atoms with Crippen LogP contribution in [0.2, 0.25) is 0 Å². The minimum absolute atomic E-state index is 0.0304. The summed E-state index contributed by atoms with van der Waals surface area (Å²) in [6.07, 6.45) is 1.74. The summed E-state index contributed by atoms with van der Waals surface area (Å²) < 4.78 is 1.56. The number of aryl methyl sites for hydroxylation is 2. The number of pyridine rings is 1. The topological polar surface area (TPSA) is 34.4 Å². The maximum atomic E-state index is 12.0. The van der Waals surface area contributed by atoms with E-state index in [2.05, 4.69) is 37.0 Å². The molecular formula is C17H16N2OS. The van der Waals surface area contributed by atoms with Crippen molar-refractivity contribution in [3.8, 4) is 0 Å². The first-order chi connectivity index (χ1) is 10.1. The van der Waals surface area contributed by atoms with E-state index in [0.717, 1.165) is 5.69 Å². The quantitative estimate of drug-likeness (QED) is 0.693. The lowest BCUT2D eigenvalue weighted by Gasteiger charge is -2.07. The van der Waals surface area contributed by atoms with E-state index in [9.17, 15) is 4.79 Å². The SMILES string of the molecule is Cc1ccc(C)c(SCc2cc(=O)n3ccccc3n2)c1. The highest BCUT2D eigenvalue weighted by atomic mass is 32.2. The third kappa shape index (κ3) is 3.00. The summed E-state index contributed by atoms with van der Waals surface area (Å²) in [5.74, 6) is 0.699. The molecule has 0 spiro atoms. The first-order valence-corrected chi connectivity index (χ1v) is 7.79. The molecule has 0 atom stereocenters. The molecule has 2 aromatic heterocycles. The number of thioether (sulfide) groups is 1. The lowest BCUT2D eigenvalue weighted by molar-refractivity contribution is 1.01. The molecule has 0 saturated carbocycles. The van der Waals surface area contributed by atoms with E-state index in [1.807, 2.05) is 18.2 Å². The van der Waals surface area contributed by atoms with Crippen LogP contribution in [0.1, 0.15) is 16.8 Å². The van der Waals surface area contributed by atoms with Gasteiger partial charge in [0.25, 0.3) is 5.56 Å². The Hall–Kier alpha value is -2.07. The van der Waals surface area contributed by atoms with Crippen LogP contribution >= 0.6 is 11.8 Å². The fraction of sp³-hybridized carbons (Fsp3) is 0.176. The lowest BCUT2D eigenvalue weighted by atomic mass is 10.2. The Morgan fingerprint density at radius 2 is 2.00 bits per heavy atom. The van der Waals surface area contributed by atoms with Crippen molar-refractivity contribution >= 4 is 17.4 Å². The molecule has 0 fully saturated rings. The zero-order chi connectivity index (χ0) is 14.8. The van der Waals surface area contributed by atoms with Gasteiger partial charge in [-0.2, -0.15) is 0 Å². The van der Waals surface area contributed by atoms with Gasteiger partial charge >= 0.3 is 0 Å². The minimum Gasteiger partial charge on any atom is -0.269 e. The summed E-state index contributed by atoms with van der Waals surface area (Å²) in [6, 6.07) is 13.6. The van der Waals surface area contributed by atoms with Gasteiger partial charge in [0.1, 0.15) is 5.65 Å². The number of fused-ring (bicyclic) bond motifs is 1. The fourth-order valence-corrected chi connectivity index (χ4v) is 3.21. The molecule has 0 saturated heterocycles. The molecule has 0 bridgehead atoms. The highest BCUT2D eigenvalue weighted by Gasteiger charge is 2.04. The lowest BCUT2D eigenvalue weighted by Crippen LogP contribution is -2.14. The summed E-state index contributed by atoms with van der Waals surface area (Å²) >= 11 is 1.72. The molecule has 0 unspecified atom stereocenters. The summed E-state index contributed by atoms with van der Waals surface area (Å²) in [4.78, 5) is 17.8. The molecule has 0 aliphatic rings. The van der Waals surface area contributed by atoms with E-state index in [1.165, 1.54) is 16.0 Å². The predicted molar refractivity (Wildman–Crippen MR) is 86.9 cm³/mol. The second kappa shape index (κ2) is 5.74. The predicted octanol–water partition coefficient (Wildman–Crippen LogP) is 3.60. The van der Waals surface area contributed by atoms with Crippen molar-refractivity contribution in [2.24, 2.45) is 0 Å². The summed E-state index contributed by atoms with van der Waals surface area (Å²) in [5.41, 5.74) is 3.98. The summed E-state index contributed by atoms with van der Waals surface area (Å²) in [6.45, 7) is 4.19. The van der Waals surface area contributed by atoms with E-state index in [1.54, 1.807) is 28.4 Å². The Balaban J connectivity index is 1.88. The third-order valence-corrected chi connectivity index (χ3v) is 4.53. The molecule has 0 amide bonds. The van der Waals surface area contributed by atoms with Crippen molar-refractivity contribution in [3.05, 3.63) is 75.8 Å². The van der Waals surface area contributed by atoms with Crippen molar-refractivity contribution < 1.29 is 0 Å². The molecule has 3 nitrogen and oxygen atoms in total. The van der Waals surface area contributed by atoms with Gasteiger partial charge in [-0.1, -0.05) is 23.8 Å². The van der Waals surface area contributed by atoms with Crippen LogP contribution in [-0.2, 0) is 5.75 Å². The normalized spacial score (nSPS) is 11.0. The Morgan fingerprint density at radius 1 is 1.14 bits per heavy atom. The molecule has 1 aromatic carbocycles. The van der Waals surface area contributed by atoms with Crippen molar-refractivity contribution in [3.63, 3.8) is 0 Å². The van der Waals surface area contributed by atoms with E-state index >= 15 is 0 Å². The largest absolute Gasteiger partial charge is 0.269 e. The van der Waals surface area contributed by atoms with Gasteiger partial charge < -0.3 is 0 Å². The van der Waals surface area contributed by atoms with Crippen LogP contribution in [0.3, 0.4) is 0 Å². The molecule has 4 heteroatoms. The Labute approximate surface area is 127 Å². The molecule has 21 heavy (non-hydrogen) atoms. The maximum Gasteiger partial charge on any atom is 0.258 e. The van der Waals surface area contributed by atoms with E-state index in [-0.39, 0.29) is 5.56 Å². The first-order valence-electron chi connectivity index (χ1n) is 6.81. The van der Waals surface area contributed by atoms with Crippen LogP contribution in [0, 0.1) is 13.8 Å². The molecule has 3 rings (SSSR count). The van der Waals surface area contributed by atoms with Crippen molar-refractivity contribution in [2.75, 3.05) is 0 Å². The monoisotopic (exact) mass is 296 g/mol. The van der Waals surface area contributed by atoms with Crippen LogP contribution in [0.25, 0.3) is 5.65 Å². The number of benzene rings is 1. The number of hydrogen-bond acceptors (Lipinski definition) is 3. The van der Waals surface area contributed by atoms with E-state index < -0.39 is 0 Å². The van der Waals surface area contributed by atoms with Gasteiger partial charge in [-0.15, -0.1) is 11.8 Å². The van der Waals surface area contributed by atoms with Gasteiger partial charge in [0.2, 0.25) is 0 Å². The van der Waals surface area contributed by atoms with Crippen LogP contribution in [-0.4, -0.2) is 9.38 Å². The number of hydrogen-bond donors (Lipinski definition) is 0. The number of aromatic nitrogens is 2. The second-order valence-corrected chi connectivity index (χ2v) is 6.09. The average Bonchev–Trinajstić information content (AvgIpc) is 2.48. The highest BCUT2D eigenvalue weighted by Crippen LogP contribution is 2.26. The number of nitrogens with zero attached hydrogens (tertiary/aromatic N) is 2. The molecule has 2 heterocycles. The van der Waals surface area contributed by atoms with Gasteiger partial charge in [-0.3, -0.25) is 9.20 Å². The average molecular weight is 296 g/mol. The van der Waals surface area contributed by atoms with Gasteiger partial charge in [0, 0.05) is 22.9 Å². The van der Waals surface area contributed by atoms with Gasteiger partial charge in [0.05, 0.1) is 5.69 Å². The molecule has 0 aliphatic heterocycles. The zero-order valence-corrected chi connectivity index (χ0v) is 12.9. The molecule has 106 valence electrons. The Morgan fingerprint density at radius 3 is 2.86 bits per heavy atom. The van der Waals surface area contributed by atoms with Crippen molar-refractivity contribution in [1.29, 1.82) is 0 Å². The van der Waals surface area contributed by atoms with Gasteiger partial charge in [0.15, 0.2) is 0 Å². The molecule has 0 radical (unpaired) electrons. The zero-order valence-electron chi connectivity index (χ0n) is 12.0. The van der Waals surface area contributed by atoms with Gasteiger partial charge in [-0.25, -0.2) is 4.98 Å². The maximum absolute atomic E-state index is 12.0. The Bertz CT molecular complexity index is 855. The minimum atomic E-state index is -0.0304. The van der Waals surface area contributed by atoms with Crippen molar-refractivity contribution in [1.82, 2.24) is 9.38 Å². The molecule has 3 aromatic rings. The molecular weight excluding hydrogens is 280 g/mol. The molecule has 0 aliphatic carbocycles. The Kier molecular flexibility index (Phi) is 3.80. The first kappa shape index (κ1) is 13.9. The van der Waals surface area contributed by atoms with Crippen LogP contribution < -0.4 is 5.56 Å². The van der Waals surface area contributed by atoms with Crippen molar-refractivity contribution in [2.45, 2.75) is 24.5 Å². The van der Waals surface area contributed by atoms with Gasteiger partial charge in [-0.05, 0) is 37.6 Å². The summed E-state index contributed by atoms with van der Waals surface area (Å²) in [7, 11) is 0. The smallest absolute Gasteiger partial charge is 0.258 e. The molecule has 0 N–H and O–H groups in total. The second-order valence-electron chi connectivity index (χ2n) is 5.07. The third-order valence-electron chi connectivity index (χ3n) is 3.34.